The molecule has 0 radical (unpaired) electrons. The van der Waals surface area contributed by atoms with Gasteiger partial charge in [0.1, 0.15) is 0 Å². The van der Waals surface area contributed by atoms with Crippen LogP contribution in [0.3, 0.4) is 0 Å². The first-order valence-corrected chi connectivity index (χ1v) is 8.76. The van der Waals surface area contributed by atoms with Crippen LogP contribution in [-0.4, -0.2) is 43.1 Å². The van der Waals surface area contributed by atoms with E-state index in [1.807, 2.05) is 38.1 Å². The average Bonchev–Trinajstić information content (AvgIpc) is 2.69. The largest absolute Gasteiger partial charge is 0.444 e. The first kappa shape index (κ1) is 18.1. The Kier molecular flexibility index (Phi) is 5.68. The van der Waals surface area contributed by atoms with E-state index in [2.05, 4.69) is 0 Å². The molecule has 1 aliphatic rings. The molecule has 2 aromatic rings. The van der Waals surface area contributed by atoms with Gasteiger partial charge in [0.15, 0.2) is 0 Å². The van der Waals surface area contributed by atoms with Gasteiger partial charge in [-0.05, 0) is 37.1 Å². The maximum absolute atomic E-state index is 13.0. The maximum atomic E-state index is 13.0. The molecule has 0 bridgehead atoms. The van der Waals surface area contributed by atoms with Crippen LogP contribution >= 0.6 is 0 Å². The van der Waals surface area contributed by atoms with E-state index in [9.17, 15) is 9.59 Å². The van der Waals surface area contributed by atoms with Gasteiger partial charge in [0.25, 0.3) is 5.91 Å². The molecule has 5 heteroatoms. The fourth-order valence-electron chi connectivity index (χ4n) is 2.88. The fourth-order valence-corrected chi connectivity index (χ4v) is 2.88. The van der Waals surface area contributed by atoms with Gasteiger partial charge >= 0.3 is 5.97 Å². The minimum atomic E-state index is -0.955. The van der Waals surface area contributed by atoms with Crippen LogP contribution in [0.4, 0.5) is 0 Å². The minimum absolute atomic E-state index is 0.211. The third-order valence-corrected chi connectivity index (χ3v) is 4.62. The smallest absolute Gasteiger partial charge is 0.339 e. The number of rotatable bonds is 4. The molecule has 5 nitrogen and oxygen atoms in total. The van der Waals surface area contributed by atoms with Crippen LogP contribution in [0.1, 0.15) is 33.2 Å². The van der Waals surface area contributed by atoms with E-state index in [0.717, 1.165) is 11.1 Å². The van der Waals surface area contributed by atoms with E-state index in [-0.39, 0.29) is 5.91 Å². The fraction of sp³-hybridized carbons (Fsp3) is 0.333. The Morgan fingerprint density at radius 2 is 1.69 bits per heavy atom. The van der Waals surface area contributed by atoms with Crippen molar-refractivity contribution in [3.8, 4) is 0 Å². The summed E-state index contributed by atoms with van der Waals surface area (Å²) >= 11 is 0. The Labute approximate surface area is 153 Å². The normalized spacial score (nSPS) is 15.4. The standard InChI is InChI=1S/C21H23NO4/c1-15-8-9-18(14-16(15)2)21(24)26-19(17-6-4-3-5-7-17)20(23)22-10-12-25-13-11-22/h3-9,14,19H,10-13H2,1-2H3. The van der Waals surface area contributed by atoms with Crippen LogP contribution < -0.4 is 0 Å². The molecule has 1 aliphatic heterocycles. The number of hydrogen-bond acceptors (Lipinski definition) is 4. The lowest BCUT2D eigenvalue weighted by molar-refractivity contribution is -0.145. The lowest BCUT2D eigenvalue weighted by Gasteiger charge is -2.30. The average molecular weight is 353 g/mol. The van der Waals surface area contributed by atoms with Gasteiger partial charge < -0.3 is 14.4 Å². The molecule has 0 aliphatic carbocycles. The van der Waals surface area contributed by atoms with Gasteiger partial charge in [-0.25, -0.2) is 4.79 Å². The minimum Gasteiger partial charge on any atom is -0.444 e. The first-order valence-electron chi connectivity index (χ1n) is 8.76. The summed E-state index contributed by atoms with van der Waals surface area (Å²) in [5, 5.41) is 0. The van der Waals surface area contributed by atoms with Crippen LogP contribution in [0.25, 0.3) is 0 Å². The molecule has 0 spiro atoms. The van der Waals surface area contributed by atoms with E-state index in [1.165, 1.54) is 0 Å². The van der Waals surface area contributed by atoms with Crippen molar-refractivity contribution in [3.05, 3.63) is 70.8 Å². The van der Waals surface area contributed by atoms with Crippen LogP contribution in [0, 0.1) is 13.8 Å². The van der Waals surface area contributed by atoms with Gasteiger partial charge in [-0.1, -0.05) is 36.4 Å². The molecule has 1 fully saturated rings. The summed E-state index contributed by atoms with van der Waals surface area (Å²) in [5.41, 5.74) is 3.23. The Balaban J connectivity index is 1.84. The number of carbonyl (C=O) groups excluding carboxylic acids is 2. The monoisotopic (exact) mass is 353 g/mol. The maximum Gasteiger partial charge on any atom is 0.339 e. The van der Waals surface area contributed by atoms with E-state index in [4.69, 9.17) is 9.47 Å². The Hall–Kier alpha value is -2.66. The molecule has 1 unspecified atom stereocenters. The highest BCUT2D eigenvalue weighted by atomic mass is 16.5. The van der Waals surface area contributed by atoms with E-state index in [0.29, 0.717) is 37.4 Å². The highest BCUT2D eigenvalue weighted by molar-refractivity contribution is 5.93. The van der Waals surface area contributed by atoms with Crippen molar-refractivity contribution in [2.45, 2.75) is 20.0 Å². The van der Waals surface area contributed by atoms with E-state index in [1.54, 1.807) is 29.2 Å². The predicted molar refractivity (Wildman–Crippen MR) is 97.9 cm³/mol. The van der Waals surface area contributed by atoms with Crippen LogP contribution in [0.2, 0.25) is 0 Å². The molecule has 1 heterocycles. The zero-order valence-electron chi connectivity index (χ0n) is 15.1. The van der Waals surface area contributed by atoms with Crippen LogP contribution in [-0.2, 0) is 14.3 Å². The molecular weight excluding hydrogens is 330 g/mol. The molecular formula is C21H23NO4. The zero-order chi connectivity index (χ0) is 18.5. The van der Waals surface area contributed by atoms with Crippen molar-refractivity contribution in [2.75, 3.05) is 26.3 Å². The number of amides is 1. The summed E-state index contributed by atoms with van der Waals surface area (Å²) in [4.78, 5) is 27.3. The number of nitrogens with zero attached hydrogens (tertiary/aromatic N) is 1. The second kappa shape index (κ2) is 8.15. The molecule has 1 atom stereocenters. The highest BCUT2D eigenvalue weighted by Crippen LogP contribution is 2.23. The Morgan fingerprint density at radius 1 is 1.00 bits per heavy atom. The molecule has 0 N–H and O–H groups in total. The number of carbonyl (C=O) groups is 2. The van der Waals surface area contributed by atoms with Gasteiger partial charge in [0, 0.05) is 18.7 Å². The van der Waals surface area contributed by atoms with Gasteiger partial charge in [0.2, 0.25) is 6.10 Å². The van der Waals surface area contributed by atoms with Gasteiger partial charge in [-0.15, -0.1) is 0 Å². The van der Waals surface area contributed by atoms with Crippen molar-refractivity contribution < 1.29 is 19.1 Å². The topological polar surface area (TPSA) is 55.8 Å². The van der Waals surface area contributed by atoms with Crippen molar-refractivity contribution >= 4 is 11.9 Å². The molecule has 0 saturated carbocycles. The predicted octanol–water partition coefficient (Wildman–Crippen LogP) is 3.06. The number of ether oxygens (including phenoxy) is 2. The summed E-state index contributed by atoms with van der Waals surface area (Å²) in [6, 6.07) is 14.5. The number of benzene rings is 2. The van der Waals surface area contributed by atoms with E-state index < -0.39 is 12.1 Å². The molecule has 2 aromatic carbocycles. The van der Waals surface area contributed by atoms with Gasteiger partial charge in [-0.2, -0.15) is 0 Å². The number of hydrogen-bond donors (Lipinski definition) is 0. The SMILES string of the molecule is Cc1ccc(C(=O)OC(C(=O)N2CCOCC2)c2ccccc2)cc1C. The number of morpholine rings is 1. The van der Waals surface area contributed by atoms with Crippen LogP contribution in [0.15, 0.2) is 48.5 Å². The lowest BCUT2D eigenvalue weighted by atomic mass is 10.1. The second-order valence-electron chi connectivity index (χ2n) is 6.43. The van der Waals surface area contributed by atoms with Crippen molar-refractivity contribution in [1.82, 2.24) is 4.90 Å². The number of esters is 1. The second-order valence-corrected chi connectivity index (χ2v) is 6.43. The summed E-state index contributed by atoms with van der Waals surface area (Å²) in [6.45, 7) is 5.93. The molecule has 1 saturated heterocycles. The highest BCUT2D eigenvalue weighted by Gasteiger charge is 2.30. The molecule has 26 heavy (non-hydrogen) atoms. The quantitative estimate of drug-likeness (QED) is 0.793. The van der Waals surface area contributed by atoms with Crippen molar-refractivity contribution in [3.63, 3.8) is 0 Å². The molecule has 136 valence electrons. The molecule has 3 rings (SSSR count). The summed E-state index contributed by atoms with van der Waals surface area (Å²) in [6.07, 6.45) is -0.955. The number of aryl methyl sites for hydroxylation is 2. The van der Waals surface area contributed by atoms with Gasteiger partial charge in [0.05, 0.1) is 18.8 Å². The van der Waals surface area contributed by atoms with Gasteiger partial charge in [-0.3, -0.25) is 4.79 Å². The third kappa shape index (κ3) is 4.11. The zero-order valence-corrected chi connectivity index (χ0v) is 15.1. The lowest BCUT2D eigenvalue weighted by Crippen LogP contribution is -2.44. The first-order chi connectivity index (χ1) is 12.6. The molecule has 0 aromatic heterocycles. The molecule has 1 amide bonds. The summed E-state index contributed by atoms with van der Waals surface area (Å²) in [5.74, 6) is -0.708. The van der Waals surface area contributed by atoms with Crippen LogP contribution in [0.5, 0.6) is 0 Å². The summed E-state index contributed by atoms with van der Waals surface area (Å²) < 4.78 is 11.0. The Morgan fingerprint density at radius 3 is 2.35 bits per heavy atom. The van der Waals surface area contributed by atoms with Crippen molar-refractivity contribution in [2.24, 2.45) is 0 Å². The van der Waals surface area contributed by atoms with E-state index >= 15 is 0 Å². The van der Waals surface area contributed by atoms with Crippen molar-refractivity contribution in [1.29, 1.82) is 0 Å². The third-order valence-electron chi connectivity index (χ3n) is 4.62. The Bertz CT molecular complexity index is 782. The summed E-state index contributed by atoms with van der Waals surface area (Å²) in [7, 11) is 0.